The van der Waals surface area contributed by atoms with Crippen LogP contribution in [0.1, 0.15) is 46.4 Å². The molecule has 0 amide bonds. The maximum atomic E-state index is 3.55. The second-order valence-corrected chi connectivity index (χ2v) is 4.34. The monoisotopic (exact) mass is 155 g/mol. The van der Waals surface area contributed by atoms with Gasteiger partial charge < -0.3 is 5.32 Å². The Labute approximate surface area is 71.0 Å². The molecule has 1 heteroatoms. The summed E-state index contributed by atoms with van der Waals surface area (Å²) in [4.78, 5) is 0. The molecule has 1 N–H and O–H groups in total. The average Bonchev–Trinajstić information content (AvgIpc) is 2.07. The second-order valence-electron chi connectivity index (χ2n) is 4.34. The van der Waals surface area contributed by atoms with E-state index in [4.69, 9.17) is 0 Å². The van der Waals surface area contributed by atoms with Crippen molar-refractivity contribution >= 4 is 0 Å². The molecule has 11 heavy (non-hydrogen) atoms. The molecular formula is C10H21N. The minimum atomic E-state index is 0. The smallest absolute Gasteiger partial charge is 0.000781 e. The van der Waals surface area contributed by atoms with Gasteiger partial charge in [0.2, 0.25) is 0 Å². The van der Waals surface area contributed by atoms with Gasteiger partial charge in [0.05, 0.1) is 0 Å². The molecule has 0 aromatic carbocycles. The first-order valence-corrected chi connectivity index (χ1v) is 5.12. The normalized spacial score (nSPS) is 30.5. The van der Waals surface area contributed by atoms with Crippen LogP contribution in [0.3, 0.4) is 0 Å². The Bertz CT molecular complexity index is 104. The van der Waals surface area contributed by atoms with E-state index in [1.807, 2.05) is 0 Å². The van der Waals surface area contributed by atoms with Crippen molar-refractivity contribution in [2.24, 2.45) is 5.41 Å². The van der Waals surface area contributed by atoms with Gasteiger partial charge in [0.15, 0.2) is 0 Å². The maximum Gasteiger partial charge on any atom is 0.000781 e. The van der Waals surface area contributed by atoms with E-state index in [2.05, 4.69) is 5.32 Å². The largest absolute Gasteiger partial charge is 0.316 e. The molecule has 0 aromatic rings. The van der Waals surface area contributed by atoms with E-state index in [0.29, 0.717) is 0 Å². The maximum absolute atomic E-state index is 3.55. The lowest BCUT2D eigenvalue weighted by molar-refractivity contribution is 0.140. The summed E-state index contributed by atoms with van der Waals surface area (Å²) in [5.41, 5.74) is 0.747. The molecule has 2 rings (SSSR count). The molecule has 2 aliphatic rings. The lowest BCUT2D eigenvalue weighted by Gasteiger charge is -2.40. The zero-order valence-electron chi connectivity index (χ0n) is 7.36. The van der Waals surface area contributed by atoms with E-state index >= 15 is 0 Å². The van der Waals surface area contributed by atoms with E-state index in [1.165, 1.54) is 58.0 Å². The van der Waals surface area contributed by atoms with Crippen molar-refractivity contribution in [2.45, 2.75) is 44.9 Å². The quantitative estimate of drug-likeness (QED) is 0.567. The fourth-order valence-electron chi connectivity index (χ4n) is 2.76. The second kappa shape index (κ2) is 3.14. The van der Waals surface area contributed by atoms with Crippen LogP contribution in [-0.2, 0) is 0 Å². The summed E-state index contributed by atoms with van der Waals surface area (Å²) in [6.07, 6.45) is 10.4. The van der Waals surface area contributed by atoms with E-state index in [0.717, 1.165) is 5.41 Å². The molecule has 1 aliphatic heterocycles. The van der Waals surface area contributed by atoms with Gasteiger partial charge in [-0.1, -0.05) is 19.3 Å². The molecule has 0 radical (unpaired) electrons. The molecule has 1 heterocycles. The van der Waals surface area contributed by atoms with Crippen LogP contribution in [0.4, 0.5) is 0 Å². The molecular weight excluding hydrogens is 134 g/mol. The molecule has 1 aliphatic carbocycles. The van der Waals surface area contributed by atoms with E-state index < -0.39 is 0 Å². The summed E-state index contributed by atoms with van der Waals surface area (Å²) in [5, 5.41) is 3.55. The van der Waals surface area contributed by atoms with Crippen molar-refractivity contribution < 1.29 is 1.43 Å². The molecule has 0 atom stereocenters. The van der Waals surface area contributed by atoms with Gasteiger partial charge in [-0.3, -0.25) is 0 Å². The number of piperidine rings is 1. The summed E-state index contributed by atoms with van der Waals surface area (Å²) in [7, 11) is 0. The van der Waals surface area contributed by atoms with Crippen molar-refractivity contribution in [3.63, 3.8) is 0 Å². The fraction of sp³-hybridized carbons (Fsp3) is 1.00. The first kappa shape index (κ1) is 7.60. The van der Waals surface area contributed by atoms with Crippen molar-refractivity contribution in [3.05, 3.63) is 0 Å². The molecule has 0 aromatic heterocycles. The minimum absolute atomic E-state index is 0. The SMILES string of the molecule is C1CCC2(CC1)CCCNC2.[HH]. The summed E-state index contributed by atoms with van der Waals surface area (Å²) in [6.45, 7) is 2.58. The number of hydrogen-bond donors (Lipinski definition) is 1. The summed E-state index contributed by atoms with van der Waals surface area (Å²) in [6, 6.07) is 0. The van der Waals surface area contributed by atoms with Gasteiger partial charge in [-0.15, -0.1) is 0 Å². The number of hydrogen-bond acceptors (Lipinski definition) is 1. The third-order valence-electron chi connectivity index (χ3n) is 3.47. The van der Waals surface area contributed by atoms with Crippen LogP contribution in [0.2, 0.25) is 0 Å². The molecule has 1 nitrogen and oxygen atoms in total. The average molecular weight is 155 g/mol. The van der Waals surface area contributed by atoms with E-state index in [-0.39, 0.29) is 1.43 Å². The van der Waals surface area contributed by atoms with Crippen LogP contribution in [0.5, 0.6) is 0 Å². The molecule has 0 bridgehead atoms. The van der Waals surface area contributed by atoms with Crippen molar-refractivity contribution in [1.82, 2.24) is 5.32 Å². The Morgan fingerprint density at radius 3 is 2.27 bits per heavy atom. The molecule has 2 fully saturated rings. The first-order chi connectivity index (χ1) is 5.41. The van der Waals surface area contributed by atoms with Crippen LogP contribution < -0.4 is 5.32 Å². The molecule has 1 saturated carbocycles. The van der Waals surface area contributed by atoms with Gasteiger partial charge in [0.1, 0.15) is 0 Å². The Kier molecular flexibility index (Phi) is 2.17. The molecule has 66 valence electrons. The highest BCUT2D eigenvalue weighted by Crippen LogP contribution is 2.40. The fourth-order valence-corrected chi connectivity index (χ4v) is 2.76. The minimum Gasteiger partial charge on any atom is -0.316 e. The Balaban J connectivity index is 0.000000720. The van der Waals surface area contributed by atoms with E-state index in [9.17, 15) is 0 Å². The van der Waals surface area contributed by atoms with Crippen LogP contribution >= 0.6 is 0 Å². The summed E-state index contributed by atoms with van der Waals surface area (Å²) in [5.74, 6) is 0. The highest BCUT2D eigenvalue weighted by molar-refractivity contribution is 4.87. The van der Waals surface area contributed by atoms with Gasteiger partial charge in [0.25, 0.3) is 0 Å². The van der Waals surface area contributed by atoms with Crippen LogP contribution in [0.25, 0.3) is 0 Å². The Morgan fingerprint density at radius 1 is 0.909 bits per heavy atom. The highest BCUT2D eigenvalue weighted by Gasteiger charge is 2.32. The Hall–Kier alpha value is -0.0400. The van der Waals surface area contributed by atoms with Crippen LogP contribution in [-0.4, -0.2) is 13.1 Å². The van der Waals surface area contributed by atoms with Gasteiger partial charge >= 0.3 is 0 Å². The van der Waals surface area contributed by atoms with Crippen LogP contribution in [0, 0.1) is 5.41 Å². The summed E-state index contributed by atoms with van der Waals surface area (Å²) < 4.78 is 0. The predicted molar refractivity (Wildman–Crippen MR) is 49.7 cm³/mol. The van der Waals surface area contributed by atoms with Gasteiger partial charge in [-0.05, 0) is 37.6 Å². The van der Waals surface area contributed by atoms with Gasteiger partial charge in [-0.2, -0.15) is 0 Å². The summed E-state index contributed by atoms with van der Waals surface area (Å²) >= 11 is 0. The zero-order chi connectivity index (χ0) is 7.57. The number of rotatable bonds is 0. The molecule has 1 spiro atoms. The third kappa shape index (κ3) is 1.58. The third-order valence-corrected chi connectivity index (χ3v) is 3.47. The van der Waals surface area contributed by atoms with E-state index in [1.54, 1.807) is 0 Å². The Morgan fingerprint density at radius 2 is 1.64 bits per heavy atom. The standard InChI is InChI=1S/C10H19N.H2/c1-2-5-10(6-3-1)7-4-8-11-9-10;/h11H,1-9H2;1H. The van der Waals surface area contributed by atoms with Crippen LogP contribution in [0.15, 0.2) is 0 Å². The molecule has 1 saturated heterocycles. The predicted octanol–water partition coefficient (Wildman–Crippen LogP) is 2.57. The van der Waals surface area contributed by atoms with Crippen molar-refractivity contribution in [1.29, 1.82) is 0 Å². The van der Waals surface area contributed by atoms with Gasteiger partial charge in [0, 0.05) is 7.97 Å². The molecule has 0 unspecified atom stereocenters. The number of nitrogens with one attached hydrogen (secondary N) is 1. The van der Waals surface area contributed by atoms with Gasteiger partial charge in [-0.25, -0.2) is 0 Å². The van der Waals surface area contributed by atoms with Crippen molar-refractivity contribution in [3.8, 4) is 0 Å². The zero-order valence-corrected chi connectivity index (χ0v) is 7.36. The highest BCUT2D eigenvalue weighted by atomic mass is 14.9. The first-order valence-electron chi connectivity index (χ1n) is 5.12. The lowest BCUT2D eigenvalue weighted by atomic mass is 9.70. The lowest BCUT2D eigenvalue weighted by Crippen LogP contribution is -2.41. The van der Waals surface area contributed by atoms with Crippen molar-refractivity contribution in [2.75, 3.05) is 13.1 Å². The topological polar surface area (TPSA) is 12.0 Å².